The van der Waals surface area contributed by atoms with E-state index in [4.69, 9.17) is 16.3 Å². The van der Waals surface area contributed by atoms with E-state index in [2.05, 4.69) is 5.32 Å². The van der Waals surface area contributed by atoms with Crippen molar-refractivity contribution in [3.8, 4) is 5.75 Å². The molecule has 1 fully saturated rings. The van der Waals surface area contributed by atoms with E-state index in [9.17, 15) is 14.3 Å². The molecule has 0 radical (unpaired) electrons. The van der Waals surface area contributed by atoms with Crippen LogP contribution in [0.3, 0.4) is 0 Å². The first-order valence-electron chi connectivity index (χ1n) is 10.2. The average molecular weight is 435 g/mol. The van der Waals surface area contributed by atoms with Crippen molar-refractivity contribution < 1.29 is 19.0 Å². The highest BCUT2D eigenvalue weighted by molar-refractivity contribution is 6.32. The number of hydrogen-bond donors (Lipinski definition) is 2. The van der Waals surface area contributed by atoms with Crippen molar-refractivity contribution in [1.29, 1.82) is 0 Å². The molecule has 0 saturated carbocycles. The molecule has 1 unspecified atom stereocenters. The number of aryl methyl sites for hydroxylation is 1. The first kappa shape index (κ1) is 22.5. The summed E-state index contributed by atoms with van der Waals surface area (Å²) in [5.41, 5.74) is 0.804. The van der Waals surface area contributed by atoms with Crippen LogP contribution in [0.25, 0.3) is 0 Å². The van der Waals surface area contributed by atoms with E-state index >= 15 is 0 Å². The highest BCUT2D eigenvalue weighted by Gasteiger charge is 2.31. The minimum absolute atomic E-state index is 0.118. The lowest BCUT2D eigenvalue weighted by molar-refractivity contribution is -0.122. The maximum Gasteiger partial charge on any atom is 0.234 e. The molecule has 2 aromatic carbocycles. The number of rotatable bonds is 7. The molecule has 2 aromatic rings. The predicted molar refractivity (Wildman–Crippen MR) is 115 cm³/mol. The van der Waals surface area contributed by atoms with Crippen molar-refractivity contribution in [1.82, 2.24) is 10.2 Å². The fraction of sp³-hybridized carbons (Fsp3) is 0.435. The topological polar surface area (TPSA) is 61.8 Å². The summed E-state index contributed by atoms with van der Waals surface area (Å²) in [5.74, 6) is 0.137. The summed E-state index contributed by atoms with van der Waals surface area (Å²) in [7, 11) is 0. The van der Waals surface area contributed by atoms with Gasteiger partial charge in [-0.1, -0.05) is 29.8 Å². The smallest absolute Gasteiger partial charge is 0.234 e. The highest BCUT2D eigenvalue weighted by atomic mass is 35.5. The fourth-order valence-electron chi connectivity index (χ4n) is 3.58. The number of amides is 1. The Morgan fingerprint density at radius 1 is 1.27 bits per heavy atom. The van der Waals surface area contributed by atoms with E-state index < -0.39 is 5.60 Å². The number of nitrogens with one attached hydrogen (secondary N) is 1. The number of ether oxygens (including phenoxy) is 1. The molecule has 0 bridgehead atoms. The Morgan fingerprint density at radius 2 is 2.10 bits per heavy atom. The molecule has 7 heteroatoms. The van der Waals surface area contributed by atoms with Crippen LogP contribution < -0.4 is 10.1 Å². The molecule has 5 nitrogen and oxygen atoms in total. The number of benzene rings is 2. The highest BCUT2D eigenvalue weighted by Crippen LogP contribution is 2.28. The van der Waals surface area contributed by atoms with Gasteiger partial charge in [-0.05, 0) is 68.1 Å². The van der Waals surface area contributed by atoms with Crippen molar-refractivity contribution in [3.05, 3.63) is 64.4 Å². The molecule has 0 spiro atoms. The second kappa shape index (κ2) is 10.2. The standard InChI is InChI=1S/C23H28ClFN2O3/c1-17-6-7-20(24)21(12-17)30-16-23(29)8-3-10-27(11-9-23)15-22(28)26-14-18-4-2-5-19(25)13-18/h2,4-7,12-13,29H,3,8-11,14-16H2,1H3,(H,26,28). The minimum Gasteiger partial charge on any atom is -0.489 e. The van der Waals surface area contributed by atoms with Gasteiger partial charge < -0.3 is 15.2 Å². The Balaban J connectivity index is 1.46. The zero-order valence-electron chi connectivity index (χ0n) is 17.2. The monoisotopic (exact) mass is 434 g/mol. The van der Waals surface area contributed by atoms with Crippen LogP contribution >= 0.6 is 11.6 Å². The van der Waals surface area contributed by atoms with Gasteiger partial charge in [-0.2, -0.15) is 0 Å². The van der Waals surface area contributed by atoms with E-state index in [0.29, 0.717) is 36.7 Å². The Morgan fingerprint density at radius 3 is 2.90 bits per heavy atom. The third kappa shape index (κ3) is 6.69. The molecule has 1 saturated heterocycles. The zero-order valence-corrected chi connectivity index (χ0v) is 17.9. The van der Waals surface area contributed by atoms with Gasteiger partial charge in [0.15, 0.2) is 0 Å². The van der Waals surface area contributed by atoms with Crippen LogP contribution in [0.5, 0.6) is 5.75 Å². The molecule has 1 amide bonds. The van der Waals surface area contributed by atoms with E-state index in [0.717, 1.165) is 24.1 Å². The molecule has 30 heavy (non-hydrogen) atoms. The number of carbonyl (C=O) groups is 1. The number of halogens is 2. The molecule has 1 aliphatic rings. The van der Waals surface area contributed by atoms with Gasteiger partial charge in [0.2, 0.25) is 5.91 Å². The van der Waals surface area contributed by atoms with Gasteiger partial charge in [0.05, 0.1) is 17.2 Å². The second-order valence-corrected chi connectivity index (χ2v) is 8.39. The predicted octanol–water partition coefficient (Wildman–Crippen LogP) is 3.70. The van der Waals surface area contributed by atoms with Crippen molar-refractivity contribution in [2.24, 2.45) is 0 Å². The minimum atomic E-state index is -0.958. The van der Waals surface area contributed by atoms with Crippen LogP contribution in [0.1, 0.15) is 30.4 Å². The van der Waals surface area contributed by atoms with Crippen molar-refractivity contribution in [2.75, 3.05) is 26.2 Å². The number of likely N-dealkylation sites (tertiary alicyclic amines) is 1. The third-order valence-electron chi connectivity index (χ3n) is 5.34. The Labute approximate surface area is 181 Å². The Kier molecular flexibility index (Phi) is 7.69. The normalized spacial score (nSPS) is 19.9. The van der Waals surface area contributed by atoms with Crippen LogP contribution in [0, 0.1) is 12.7 Å². The summed E-state index contributed by atoms with van der Waals surface area (Å²) in [4.78, 5) is 14.3. The molecule has 1 aliphatic heterocycles. The van der Waals surface area contributed by atoms with Gasteiger partial charge in [-0.25, -0.2) is 4.39 Å². The Hall–Kier alpha value is -2.15. The molecule has 0 aliphatic carbocycles. The second-order valence-electron chi connectivity index (χ2n) is 7.98. The lowest BCUT2D eigenvalue weighted by atomic mass is 9.96. The SMILES string of the molecule is Cc1ccc(Cl)c(OCC2(O)CCCN(CC(=O)NCc3cccc(F)c3)CC2)c1. The lowest BCUT2D eigenvalue weighted by Gasteiger charge is -2.27. The molecule has 2 N–H and O–H groups in total. The van der Waals surface area contributed by atoms with E-state index in [-0.39, 0.29) is 24.9 Å². The molecular formula is C23H28ClFN2O3. The van der Waals surface area contributed by atoms with E-state index in [1.54, 1.807) is 18.2 Å². The van der Waals surface area contributed by atoms with Crippen molar-refractivity contribution in [3.63, 3.8) is 0 Å². The number of nitrogens with zero attached hydrogens (tertiary/aromatic N) is 1. The van der Waals surface area contributed by atoms with Crippen LogP contribution in [-0.4, -0.2) is 47.8 Å². The summed E-state index contributed by atoms with van der Waals surface area (Å²) < 4.78 is 19.1. The molecule has 0 aromatic heterocycles. The van der Waals surface area contributed by atoms with Gasteiger partial charge in [0.1, 0.15) is 18.2 Å². The first-order valence-corrected chi connectivity index (χ1v) is 10.6. The van der Waals surface area contributed by atoms with Gasteiger partial charge in [0, 0.05) is 13.1 Å². The summed E-state index contributed by atoms with van der Waals surface area (Å²) in [5, 5.41) is 14.3. The van der Waals surface area contributed by atoms with Crippen LogP contribution in [0.2, 0.25) is 5.02 Å². The summed E-state index contributed by atoms with van der Waals surface area (Å²) >= 11 is 6.17. The number of hydrogen-bond acceptors (Lipinski definition) is 4. The lowest BCUT2D eigenvalue weighted by Crippen LogP contribution is -2.40. The average Bonchev–Trinajstić information content (AvgIpc) is 2.89. The molecule has 3 rings (SSSR count). The first-order chi connectivity index (χ1) is 14.3. The largest absolute Gasteiger partial charge is 0.489 e. The van der Waals surface area contributed by atoms with E-state index in [1.807, 2.05) is 24.0 Å². The van der Waals surface area contributed by atoms with Gasteiger partial charge in [-0.3, -0.25) is 9.69 Å². The van der Waals surface area contributed by atoms with Crippen LogP contribution in [-0.2, 0) is 11.3 Å². The summed E-state index contributed by atoms with van der Waals surface area (Å²) in [6.45, 7) is 3.97. The van der Waals surface area contributed by atoms with Crippen molar-refractivity contribution in [2.45, 2.75) is 38.3 Å². The summed E-state index contributed by atoms with van der Waals surface area (Å²) in [6, 6.07) is 11.7. The summed E-state index contributed by atoms with van der Waals surface area (Å²) in [6.07, 6.45) is 1.87. The maximum atomic E-state index is 13.2. The van der Waals surface area contributed by atoms with Crippen molar-refractivity contribution >= 4 is 17.5 Å². The van der Waals surface area contributed by atoms with Crippen LogP contribution in [0.15, 0.2) is 42.5 Å². The maximum absolute atomic E-state index is 13.2. The van der Waals surface area contributed by atoms with Gasteiger partial charge in [0.25, 0.3) is 0 Å². The number of carbonyl (C=O) groups excluding carboxylic acids is 1. The van der Waals surface area contributed by atoms with E-state index in [1.165, 1.54) is 12.1 Å². The van der Waals surface area contributed by atoms with Gasteiger partial charge >= 0.3 is 0 Å². The number of aliphatic hydroxyl groups is 1. The molecule has 1 heterocycles. The molecular weight excluding hydrogens is 407 g/mol. The third-order valence-corrected chi connectivity index (χ3v) is 5.65. The quantitative estimate of drug-likeness (QED) is 0.697. The van der Waals surface area contributed by atoms with Gasteiger partial charge in [-0.15, -0.1) is 0 Å². The fourth-order valence-corrected chi connectivity index (χ4v) is 3.75. The molecule has 1 atom stereocenters. The Bertz CT molecular complexity index is 879. The van der Waals surface area contributed by atoms with Crippen LogP contribution in [0.4, 0.5) is 4.39 Å². The zero-order chi connectivity index (χ0) is 21.6. The molecule has 162 valence electrons.